The van der Waals surface area contributed by atoms with Gasteiger partial charge in [0.1, 0.15) is 0 Å². The largest absolute Gasteiger partial charge is 0.356 e. The Morgan fingerprint density at radius 3 is 0.935 bits per heavy atom. The van der Waals surface area contributed by atoms with E-state index < -0.39 is 0 Å². The Balaban J connectivity index is 3.30. The van der Waals surface area contributed by atoms with E-state index >= 15 is 0 Å². The molecule has 0 spiro atoms. The fourth-order valence-electron chi connectivity index (χ4n) is 5.95. The molecule has 0 bridgehead atoms. The van der Waals surface area contributed by atoms with Gasteiger partial charge < -0.3 is 10.6 Å². The predicted octanol–water partition coefficient (Wildman–Crippen LogP) is 12.9. The summed E-state index contributed by atoms with van der Waals surface area (Å²) in [6.45, 7) is 6.11. The van der Waals surface area contributed by atoms with Gasteiger partial charge in [0, 0.05) is 25.9 Å². The number of amides is 2. The third kappa shape index (κ3) is 38.6. The van der Waals surface area contributed by atoms with Crippen LogP contribution in [0.2, 0.25) is 0 Å². The van der Waals surface area contributed by atoms with E-state index in [4.69, 9.17) is 0 Å². The molecule has 0 aliphatic rings. The normalized spacial score (nSPS) is 11.6. The number of rotatable bonds is 37. The Kier molecular flexibility index (Phi) is 38.2. The van der Waals surface area contributed by atoms with Crippen molar-refractivity contribution in [2.45, 2.75) is 219 Å². The Morgan fingerprint density at radius 1 is 0.348 bits per heavy atom. The summed E-state index contributed by atoms with van der Waals surface area (Å²) >= 11 is 0. The third-order valence-corrected chi connectivity index (χ3v) is 9.08. The molecule has 0 aliphatic heterocycles. The number of nitrogens with one attached hydrogen (secondary N) is 2. The van der Waals surface area contributed by atoms with Crippen molar-refractivity contribution >= 4 is 11.8 Å². The van der Waals surface area contributed by atoms with Crippen LogP contribution in [0.3, 0.4) is 0 Å². The quantitative estimate of drug-likeness (QED) is 0.0522. The molecule has 0 radical (unpaired) electrons. The van der Waals surface area contributed by atoms with Gasteiger partial charge in [-0.1, -0.05) is 154 Å². The van der Waals surface area contributed by atoms with Crippen LogP contribution in [-0.4, -0.2) is 24.9 Å². The average molecular weight is 645 g/mol. The molecule has 0 saturated heterocycles. The lowest BCUT2D eigenvalue weighted by Crippen LogP contribution is -2.24. The minimum atomic E-state index is 0.209. The fraction of sp³-hybridized carbons (Fsp3) is 0.857. The molecule has 2 amide bonds. The smallest absolute Gasteiger partial charge is 0.219 e. The Labute approximate surface area is 288 Å². The Bertz CT molecular complexity index is 629. The number of unbranched alkanes of at least 4 members (excludes halogenated alkanes) is 25. The highest BCUT2D eigenvalue weighted by Gasteiger charge is 2.02. The molecule has 270 valence electrons. The van der Waals surface area contributed by atoms with Gasteiger partial charge in [-0.2, -0.15) is 0 Å². The maximum atomic E-state index is 12.1. The van der Waals surface area contributed by atoms with Crippen molar-refractivity contribution in [3.8, 4) is 0 Å². The summed E-state index contributed by atoms with van der Waals surface area (Å²) in [6, 6.07) is 0. The molecule has 0 atom stereocenters. The first-order valence-corrected chi connectivity index (χ1v) is 20.5. The monoisotopic (exact) mass is 645 g/mol. The SMILES string of the molecule is CCCCCCCCC=CCCCCCCCC(=O)NCCCCCCNC(=O)CCCCCCCC=CCCCCCCCC. The molecule has 0 saturated carbocycles. The number of hydrogen-bond donors (Lipinski definition) is 2. The second-order valence-corrected chi connectivity index (χ2v) is 13.8. The van der Waals surface area contributed by atoms with Gasteiger partial charge in [-0.15, -0.1) is 0 Å². The van der Waals surface area contributed by atoms with E-state index in [1.54, 1.807) is 0 Å². The van der Waals surface area contributed by atoms with Crippen LogP contribution in [-0.2, 0) is 9.59 Å². The van der Waals surface area contributed by atoms with Crippen molar-refractivity contribution in [3.05, 3.63) is 24.3 Å². The van der Waals surface area contributed by atoms with E-state index in [9.17, 15) is 9.59 Å². The number of allylic oxidation sites excluding steroid dienone is 4. The third-order valence-electron chi connectivity index (χ3n) is 9.08. The van der Waals surface area contributed by atoms with Crippen LogP contribution in [0.25, 0.3) is 0 Å². The van der Waals surface area contributed by atoms with Crippen LogP contribution in [0.1, 0.15) is 219 Å². The highest BCUT2D eigenvalue weighted by Crippen LogP contribution is 2.12. The van der Waals surface area contributed by atoms with Gasteiger partial charge in [0.2, 0.25) is 11.8 Å². The molecule has 46 heavy (non-hydrogen) atoms. The van der Waals surface area contributed by atoms with E-state index in [1.807, 2.05) is 0 Å². The van der Waals surface area contributed by atoms with Crippen LogP contribution in [0.5, 0.6) is 0 Å². The van der Waals surface area contributed by atoms with E-state index in [1.165, 1.54) is 141 Å². The van der Waals surface area contributed by atoms with Crippen molar-refractivity contribution < 1.29 is 9.59 Å². The van der Waals surface area contributed by atoms with Crippen molar-refractivity contribution in [1.82, 2.24) is 10.6 Å². The molecule has 0 fully saturated rings. The summed E-state index contributed by atoms with van der Waals surface area (Å²) in [5.41, 5.74) is 0. The van der Waals surface area contributed by atoms with Crippen molar-refractivity contribution in [3.63, 3.8) is 0 Å². The summed E-state index contributed by atoms with van der Waals surface area (Å²) in [5, 5.41) is 6.16. The lowest BCUT2D eigenvalue weighted by Gasteiger charge is -2.07. The van der Waals surface area contributed by atoms with Crippen LogP contribution < -0.4 is 10.6 Å². The zero-order chi connectivity index (χ0) is 33.4. The molecule has 0 aliphatic carbocycles. The summed E-state index contributed by atoms with van der Waals surface area (Å²) < 4.78 is 0. The Morgan fingerprint density at radius 2 is 0.609 bits per heavy atom. The summed E-state index contributed by atoms with van der Waals surface area (Å²) in [6.07, 6.45) is 48.5. The molecular weight excluding hydrogens is 564 g/mol. The standard InChI is InChI=1S/C42H80N2O2/c1-3-5-7-9-11-13-15-17-19-21-23-25-27-29-33-37-41(45)43-39-35-31-32-36-40-44-42(46)38-34-30-28-26-24-22-20-18-16-14-12-10-8-6-4-2/h17-20H,3-16,21-40H2,1-2H3,(H,43,45)(H,44,46). The van der Waals surface area contributed by atoms with Gasteiger partial charge >= 0.3 is 0 Å². The summed E-state index contributed by atoms with van der Waals surface area (Å²) in [4.78, 5) is 24.1. The Hall–Kier alpha value is -1.58. The zero-order valence-electron chi connectivity index (χ0n) is 31.2. The molecular formula is C42H80N2O2. The van der Waals surface area contributed by atoms with Crippen molar-refractivity contribution in [2.24, 2.45) is 0 Å². The first kappa shape index (κ1) is 44.4. The minimum Gasteiger partial charge on any atom is -0.356 e. The first-order valence-electron chi connectivity index (χ1n) is 20.5. The molecule has 0 unspecified atom stereocenters. The van der Waals surface area contributed by atoms with Crippen LogP contribution in [0.4, 0.5) is 0 Å². The predicted molar refractivity (Wildman–Crippen MR) is 203 cm³/mol. The number of carbonyl (C=O) groups is 2. The van der Waals surface area contributed by atoms with E-state index in [0.29, 0.717) is 12.8 Å². The molecule has 0 aromatic rings. The zero-order valence-corrected chi connectivity index (χ0v) is 31.2. The van der Waals surface area contributed by atoms with Crippen LogP contribution in [0, 0.1) is 0 Å². The van der Waals surface area contributed by atoms with E-state index in [0.717, 1.165) is 64.5 Å². The maximum absolute atomic E-state index is 12.1. The van der Waals surface area contributed by atoms with Gasteiger partial charge in [0.15, 0.2) is 0 Å². The van der Waals surface area contributed by atoms with Gasteiger partial charge in [-0.25, -0.2) is 0 Å². The molecule has 2 N–H and O–H groups in total. The minimum absolute atomic E-state index is 0.209. The molecule has 4 heteroatoms. The highest BCUT2D eigenvalue weighted by atomic mass is 16.2. The highest BCUT2D eigenvalue weighted by molar-refractivity contribution is 5.76. The maximum Gasteiger partial charge on any atom is 0.219 e. The van der Waals surface area contributed by atoms with Crippen LogP contribution in [0.15, 0.2) is 24.3 Å². The molecule has 0 aromatic heterocycles. The van der Waals surface area contributed by atoms with Crippen molar-refractivity contribution in [1.29, 1.82) is 0 Å². The fourth-order valence-corrected chi connectivity index (χ4v) is 5.95. The lowest BCUT2D eigenvalue weighted by atomic mass is 10.1. The molecule has 0 heterocycles. The molecule has 4 nitrogen and oxygen atoms in total. The topological polar surface area (TPSA) is 58.2 Å². The second kappa shape index (κ2) is 39.6. The van der Waals surface area contributed by atoms with E-state index in [2.05, 4.69) is 48.8 Å². The van der Waals surface area contributed by atoms with Crippen LogP contribution >= 0.6 is 0 Å². The lowest BCUT2D eigenvalue weighted by molar-refractivity contribution is -0.122. The molecule has 0 rings (SSSR count). The van der Waals surface area contributed by atoms with E-state index in [-0.39, 0.29) is 11.8 Å². The van der Waals surface area contributed by atoms with Crippen molar-refractivity contribution in [2.75, 3.05) is 13.1 Å². The van der Waals surface area contributed by atoms with Gasteiger partial charge in [-0.05, 0) is 77.0 Å². The number of carbonyl (C=O) groups excluding carboxylic acids is 2. The number of hydrogen-bond acceptors (Lipinski definition) is 2. The van der Waals surface area contributed by atoms with Gasteiger partial charge in [0.25, 0.3) is 0 Å². The second-order valence-electron chi connectivity index (χ2n) is 13.8. The van der Waals surface area contributed by atoms with Gasteiger partial charge in [-0.3, -0.25) is 9.59 Å². The average Bonchev–Trinajstić information content (AvgIpc) is 3.05. The van der Waals surface area contributed by atoms with Gasteiger partial charge in [0.05, 0.1) is 0 Å². The summed E-state index contributed by atoms with van der Waals surface area (Å²) in [5.74, 6) is 0.418. The summed E-state index contributed by atoms with van der Waals surface area (Å²) in [7, 11) is 0. The molecule has 0 aromatic carbocycles. The first-order chi connectivity index (χ1) is 22.7.